The van der Waals surface area contributed by atoms with Gasteiger partial charge in [-0.3, -0.25) is 14.2 Å². The number of aromatic nitrogens is 4. The highest BCUT2D eigenvalue weighted by atomic mass is 16.2. The van der Waals surface area contributed by atoms with Crippen molar-refractivity contribution in [1.29, 1.82) is 0 Å². The Kier molecular flexibility index (Phi) is 5.81. The van der Waals surface area contributed by atoms with E-state index >= 15 is 0 Å². The summed E-state index contributed by atoms with van der Waals surface area (Å²) in [5.41, 5.74) is 2.26. The first-order chi connectivity index (χ1) is 16.1. The molecule has 4 aromatic rings. The first-order valence-electron chi connectivity index (χ1n) is 11.5. The van der Waals surface area contributed by atoms with Crippen molar-refractivity contribution in [3.05, 3.63) is 75.2 Å². The van der Waals surface area contributed by atoms with Crippen molar-refractivity contribution in [1.82, 2.24) is 24.8 Å². The summed E-state index contributed by atoms with van der Waals surface area (Å²) in [6, 6.07) is 15.3. The minimum Gasteiger partial charge on any atom is -0.353 e. The first kappa shape index (κ1) is 21.2. The minimum atomic E-state index is -0.147. The van der Waals surface area contributed by atoms with Crippen molar-refractivity contribution in [2.75, 3.05) is 0 Å². The van der Waals surface area contributed by atoms with E-state index in [1.807, 2.05) is 47.0 Å². The number of carbonyl (C=O) groups excluding carboxylic acids is 1. The smallest absolute Gasteiger partial charge is 0.326 e. The van der Waals surface area contributed by atoms with Crippen LogP contribution in [-0.2, 0) is 11.2 Å². The average molecular weight is 446 g/mol. The lowest BCUT2D eigenvalue weighted by Gasteiger charge is -2.29. The van der Waals surface area contributed by atoms with Crippen LogP contribution in [0, 0.1) is 0 Å². The Bertz CT molecular complexity index is 1410. The molecule has 1 aliphatic carbocycles. The number of benzene rings is 2. The van der Waals surface area contributed by atoms with E-state index in [1.54, 1.807) is 6.07 Å². The number of fused-ring (bicyclic) bond motifs is 2. The molecule has 0 bridgehead atoms. The second-order valence-corrected chi connectivity index (χ2v) is 8.77. The monoisotopic (exact) mass is 445 g/mol. The van der Waals surface area contributed by atoms with E-state index < -0.39 is 0 Å². The van der Waals surface area contributed by atoms with Crippen LogP contribution < -0.4 is 16.6 Å². The molecule has 5 rings (SSSR count). The number of hydrogen-bond acceptors (Lipinski definition) is 4. The van der Waals surface area contributed by atoms with E-state index in [4.69, 9.17) is 0 Å². The molecule has 1 amide bonds. The van der Waals surface area contributed by atoms with Gasteiger partial charge in [0.05, 0.1) is 21.9 Å². The number of aromatic amines is 2. The molecule has 3 N–H and O–H groups in total. The summed E-state index contributed by atoms with van der Waals surface area (Å²) in [5.74, 6) is 0.627. The molecule has 0 spiro atoms. The summed E-state index contributed by atoms with van der Waals surface area (Å²) >= 11 is 0. The van der Waals surface area contributed by atoms with E-state index in [9.17, 15) is 14.4 Å². The third-order valence-electron chi connectivity index (χ3n) is 6.53. The van der Waals surface area contributed by atoms with Crippen LogP contribution >= 0.6 is 0 Å². The predicted molar refractivity (Wildman–Crippen MR) is 127 cm³/mol. The normalized spacial score (nSPS) is 18.5. The largest absolute Gasteiger partial charge is 0.353 e. The maximum absolute atomic E-state index is 12.5. The average Bonchev–Trinajstić information content (AvgIpc) is 3.15. The molecular formula is C25H27N5O3. The number of hydrogen-bond donors (Lipinski definition) is 3. The highest BCUT2D eigenvalue weighted by Gasteiger charge is 2.25. The fraction of sp³-hybridized carbons (Fsp3) is 0.360. The van der Waals surface area contributed by atoms with E-state index in [0.717, 1.165) is 36.7 Å². The second-order valence-electron chi connectivity index (χ2n) is 8.77. The topological polar surface area (TPSA) is 113 Å². The van der Waals surface area contributed by atoms with Gasteiger partial charge in [0.15, 0.2) is 0 Å². The van der Waals surface area contributed by atoms with Crippen LogP contribution in [-0.4, -0.2) is 31.5 Å². The number of para-hydroxylation sites is 3. The molecule has 2 heterocycles. The Morgan fingerprint density at radius 1 is 1.00 bits per heavy atom. The van der Waals surface area contributed by atoms with Gasteiger partial charge >= 0.3 is 5.69 Å². The first-order valence-corrected chi connectivity index (χ1v) is 11.5. The van der Waals surface area contributed by atoms with E-state index in [-0.39, 0.29) is 29.2 Å². The number of amides is 1. The summed E-state index contributed by atoms with van der Waals surface area (Å²) in [4.78, 5) is 47.3. The van der Waals surface area contributed by atoms with Crippen molar-refractivity contribution in [2.45, 2.75) is 57.0 Å². The van der Waals surface area contributed by atoms with E-state index in [2.05, 4.69) is 20.3 Å². The van der Waals surface area contributed by atoms with Crippen LogP contribution in [0.5, 0.6) is 0 Å². The number of imidazole rings is 1. The number of carbonyl (C=O) groups is 1. The highest BCUT2D eigenvalue weighted by Crippen LogP contribution is 2.29. The van der Waals surface area contributed by atoms with Crippen molar-refractivity contribution in [3.8, 4) is 0 Å². The Hall–Kier alpha value is -3.68. The van der Waals surface area contributed by atoms with Gasteiger partial charge in [-0.25, -0.2) is 9.78 Å². The number of H-pyrrole nitrogens is 2. The molecule has 2 aromatic carbocycles. The fourth-order valence-electron chi connectivity index (χ4n) is 4.88. The molecule has 0 aliphatic heterocycles. The Morgan fingerprint density at radius 2 is 1.76 bits per heavy atom. The Balaban J connectivity index is 1.12. The molecule has 1 saturated carbocycles. The predicted octanol–water partition coefficient (Wildman–Crippen LogP) is 3.19. The number of rotatable bonds is 6. The van der Waals surface area contributed by atoms with Crippen LogP contribution in [0.4, 0.5) is 0 Å². The lowest BCUT2D eigenvalue weighted by molar-refractivity contribution is -0.122. The molecular weight excluding hydrogens is 418 g/mol. The zero-order valence-corrected chi connectivity index (χ0v) is 18.3. The maximum atomic E-state index is 12.5. The molecule has 33 heavy (non-hydrogen) atoms. The summed E-state index contributed by atoms with van der Waals surface area (Å²) < 4.78 is 1.87. The third-order valence-corrected chi connectivity index (χ3v) is 6.53. The van der Waals surface area contributed by atoms with Gasteiger partial charge in [-0.1, -0.05) is 24.3 Å². The van der Waals surface area contributed by atoms with Crippen LogP contribution in [0.15, 0.2) is 58.1 Å². The summed E-state index contributed by atoms with van der Waals surface area (Å²) in [5, 5.41) is 3.71. The number of nitrogens with zero attached hydrogens (tertiary/aromatic N) is 2. The quantitative estimate of drug-likeness (QED) is 0.423. The molecule has 8 nitrogen and oxygen atoms in total. The van der Waals surface area contributed by atoms with Crippen molar-refractivity contribution < 1.29 is 4.79 Å². The standard InChI is InChI=1S/C25H27N5O3/c31-23(11-5-10-22-27-19-7-2-1-6-18(19)24(32)29-22)26-16-12-14-17(15-13-16)30-21-9-4-3-8-20(21)28-25(30)33/h1-4,6-9,16-17H,5,10-15H2,(H,26,31)(H,28,33)(H,27,29,32). The summed E-state index contributed by atoms with van der Waals surface area (Å²) in [6.07, 6.45) is 4.96. The van der Waals surface area contributed by atoms with Gasteiger partial charge in [0.25, 0.3) is 5.56 Å². The van der Waals surface area contributed by atoms with Gasteiger partial charge in [0.1, 0.15) is 5.82 Å². The lowest BCUT2D eigenvalue weighted by Crippen LogP contribution is -2.38. The number of aryl methyl sites for hydroxylation is 1. The molecule has 2 aromatic heterocycles. The lowest BCUT2D eigenvalue weighted by atomic mass is 9.90. The van der Waals surface area contributed by atoms with Gasteiger partial charge in [-0.05, 0) is 56.4 Å². The molecule has 0 unspecified atom stereocenters. The molecule has 0 atom stereocenters. The van der Waals surface area contributed by atoms with Crippen molar-refractivity contribution in [2.24, 2.45) is 0 Å². The van der Waals surface area contributed by atoms with Crippen LogP contribution in [0.2, 0.25) is 0 Å². The molecule has 1 aliphatic rings. The van der Waals surface area contributed by atoms with E-state index in [0.29, 0.717) is 36.0 Å². The van der Waals surface area contributed by atoms with Crippen molar-refractivity contribution >= 4 is 27.8 Å². The molecule has 170 valence electrons. The fourth-order valence-corrected chi connectivity index (χ4v) is 4.88. The summed E-state index contributed by atoms with van der Waals surface area (Å²) in [7, 11) is 0. The van der Waals surface area contributed by atoms with Gasteiger partial charge in [-0.2, -0.15) is 0 Å². The summed E-state index contributed by atoms with van der Waals surface area (Å²) in [6.45, 7) is 0. The van der Waals surface area contributed by atoms with Crippen molar-refractivity contribution in [3.63, 3.8) is 0 Å². The highest BCUT2D eigenvalue weighted by molar-refractivity contribution is 5.77. The Labute approximate surface area is 190 Å². The van der Waals surface area contributed by atoms with E-state index in [1.165, 1.54) is 0 Å². The zero-order chi connectivity index (χ0) is 22.8. The molecule has 8 heteroatoms. The van der Waals surface area contributed by atoms with Crippen LogP contribution in [0.3, 0.4) is 0 Å². The van der Waals surface area contributed by atoms with Gasteiger partial charge in [0.2, 0.25) is 5.91 Å². The second kappa shape index (κ2) is 9.05. The SMILES string of the molecule is O=C(CCCc1nc2ccccc2c(=O)[nH]1)NC1CCC(n2c(=O)[nH]c3ccccc32)CC1. The maximum Gasteiger partial charge on any atom is 0.326 e. The zero-order valence-electron chi connectivity index (χ0n) is 18.3. The van der Waals surface area contributed by atoms with Gasteiger partial charge in [-0.15, -0.1) is 0 Å². The van der Waals surface area contributed by atoms with Gasteiger partial charge in [0, 0.05) is 24.9 Å². The van der Waals surface area contributed by atoms with Gasteiger partial charge < -0.3 is 15.3 Å². The minimum absolute atomic E-state index is 0.0193. The van der Waals surface area contributed by atoms with Crippen LogP contribution in [0.25, 0.3) is 21.9 Å². The molecule has 0 radical (unpaired) electrons. The third kappa shape index (κ3) is 4.46. The molecule has 0 saturated heterocycles. The number of nitrogens with one attached hydrogen (secondary N) is 3. The van der Waals surface area contributed by atoms with Crippen LogP contribution in [0.1, 0.15) is 50.4 Å². The molecule has 1 fully saturated rings. The Morgan fingerprint density at radius 3 is 2.61 bits per heavy atom.